The van der Waals surface area contributed by atoms with E-state index in [-0.39, 0.29) is 0 Å². The summed E-state index contributed by atoms with van der Waals surface area (Å²) in [5, 5.41) is 4.39. The molecule has 2 saturated heterocycles. The maximum Gasteiger partial charge on any atom is 0.0565 e. The second-order valence-corrected chi connectivity index (χ2v) is 8.52. The second-order valence-electron chi connectivity index (χ2n) is 7.15. The Hall–Kier alpha value is -1.17. The van der Waals surface area contributed by atoms with Crippen LogP contribution in [0.2, 0.25) is 0 Å². The maximum absolute atomic E-state index is 4.39. The van der Waals surface area contributed by atoms with Crippen LogP contribution in [-0.4, -0.2) is 51.8 Å². The molecule has 2 aromatic heterocycles. The van der Waals surface area contributed by atoms with Gasteiger partial charge in [0.15, 0.2) is 0 Å². The lowest BCUT2D eigenvalue weighted by Crippen LogP contribution is -2.45. The van der Waals surface area contributed by atoms with Crippen LogP contribution in [0, 0.1) is 12.8 Å². The summed E-state index contributed by atoms with van der Waals surface area (Å²) in [6, 6.07) is 7.96. The molecule has 0 N–H and O–H groups in total. The number of likely N-dealkylation sites (N-methyl/N-ethyl adjacent to an activating group) is 1. The van der Waals surface area contributed by atoms with Crippen molar-refractivity contribution < 1.29 is 0 Å². The number of aromatic nitrogens is 2. The molecule has 2 aliphatic rings. The van der Waals surface area contributed by atoms with Gasteiger partial charge in [0.2, 0.25) is 0 Å². The molecule has 0 aromatic carbocycles. The number of likely N-dealkylation sites (tertiary alicyclic amines) is 2. The Morgan fingerprint density at radius 2 is 2.26 bits per heavy atom. The molecule has 0 bridgehead atoms. The van der Waals surface area contributed by atoms with Crippen LogP contribution in [0.3, 0.4) is 0 Å². The fraction of sp³-hybridized carbons (Fsp3) is 0.611. The first-order valence-corrected chi connectivity index (χ1v) is 9.48. The fourth-order valence-corrected chi connectivity index (χ4v) is 5.34. The number of rotatable bonds is 4. The molecule has 0 unspecified atom stereocenters. The van der Waals surface area contributed by atoms with Crippen molar-refractivity contribution in [2.45, 2.75) is 44.9 Å². The monoisotopic (exact) mass is 330 g/mol. The Morgan fingerprint density at radius 3 is 3.00 bits per heavy atom. The van der Waals surface area contributed by atoms with Gasteiger partial charge >= 0.3 is 0 Å². The molecule has 0 saturated carbocycles. The largest absolute Gasteiger partial charge is 0.298 e. The lowest BCUT2D eigenvalue weighted by molar-refractivity contribution is 0.110. The quantitative estimate of drug-likeness (QED) is 0.861. The van der Waals surface area contributed by atoms with Crippen molar-refractivity contribution in [1.29, 1.82) is 0 Å². The number of piperidine rings is 1. The van der Waals surface area contributed by atoms with Crippen LogP contribution in [-0.2, 0) is 13.1 Å². The van der Waals surface area contributed by atoms with Gasteiger partial charge in [-0.2, -0.15) is 5.10 Å². The molecule has 23 heavy (non-hydrogen) atoms. The van der Waals surface area contributed by atoms with Crippen molar-refractivity contribution in [3.05, 3.63) is 40.3 Å². The number of aryl methyl sites for hydroxylation is 1. The first kappa shape index (κ1) is 15.4. The van der Waals surface area contributed by atoms with Crippen LogP contribution in [0.15, 0.2) is 30.6 Å². The van der Waals surface area contributed by atoms with Gasteiger partial charge in [-0.05, 0) is 50.9 Å². The van der Waals surface area contributed by atoms with Crippen LogP contribution < -0.4 is 0 Å². The Kier molecular flexibility index (Phi) is 4.26. The third kappa shape index (κ3) is 3.23. The first-order chi connectivity index (χ1) is 11.2. The standard InChI is InChI=1S/C18H26N4S/c1-14-4-5-17(23-14)13-21-9-6-18-15(11-21)10-16(20(18)2)12-22-8-3-7-19-22/h3-5,7-8,15-16,18H,6,9-13H2,1-2H3/t15-,16-,18+/m1/s1. The van der Waals surface area contributed by atoms with Crippen LogP contribution in [0.1, 0.15) is 22.6 Å². The summed E-state index contributed by atoms with van der Waals surface area (Å²) in [6.07, 6.45) is 6.58. The molecule has 0 spiro atoms. The van der Waals surface area contributed by atoms with Crippen molar-refractivity contribution in [2.24, 2.45) is 5.92 Å². The van der Waals surface area contributed by atoms with E-state index in [4.69, 9.17) is 0 Å². The molecule has 0 aliphatic carbocycles. The molecule has 2 fully saturated rings. The minimum absolute atomic E-state index is 0.633. The minimum Gasteiger partial charge on any atom is -0.298 e. The smallest absolute Gasteiger partial charge is 0.0565 e. The van der Waals surface area contributed by atoms with E-state index in [0.717, 1.165) is 25.0 Å². The van der Waals surface area contributed by atoms with Gasteiger partial charge in [0, 0.05) is 53.9 Å². The Morgan fingerprint density at radius 1 is 1.35 bits per heavy atom. The van der Waals surface area contributed by atoms with Crippen molar-refractivity contribution >= 4 is 11.3 Å². The van der Waals surface area contributed by atoms with Crippen molar-refractivity contribution in [2.75, 3.05) is 20.1 Å². The zero-order valence-electron chi connectivity index (χ0n) is 14.1. The molecule has 3 atom stereocenters. The normalized spacial score (nSPS) is 29.0. The number of nitrogens with zero attached hydrogens (tertiary/aromatic N) is 4. The number of thiophene rings is 1. The molecule has 0 radical (unpaired) electrons. The van der Waals surface area contributed by atoms with E-state index in [1.54, 1.807) is 0 Å². The lowest BCUT2D eigenvalue weighted by atomic mass is 9.92. The van der Waals surface area contributed by atoms with E-state index in [1.807, 2.05) is 23.6 Å². The summed E-state index contributed by atoms with van der Waals surface area (Å²) < 4.78 is 2.09. The summed E-state index contributed by atoms with van der Waals surface area (Å²) in [7, 11) is 2.32. The van der Waals surface area contributed by atoms with Crippen molar-refractivity contribution in [1.82, 2.24) is 19.6 Å². The number of fused-ring (bicyclic) bond motifs is 1. The predicted octanol–water partition coefficient (Wildman–Crippen LogP) is 2.85. The molecule has 2 aliphatic heterocycles. The Bertz CT molecular complexity index is 635. The molecule has 4 rings (SSSR count). The minimum atomic E-state index is 0.633. The van der Waals surface area contributed by atoms with E-state index in [9.17, 15) is 0 Å². The van der Waals surface area contributed by atoms with Gasteiger partial charge in [-0.15, -0.1) is 11.3 Å². The Labute approximate surface area is 142 Å². The van der Waals surface area contributed by atoms with E-state index in [1.165, 1.54) is 35.7 Å². The van der Waals surface area contributed by atoms with E-state index in [0.29, 0.717) is 6.04 Å². The Balaban J connectivity index is 1.38. The maximum atomic E-state index is 4.39. The third-order valence-electron chi connectivity index (χ3n) is 5.58. The second kappa shape index (κ2) is 6.38. The predicted molar refractivity (Wildman–Crippen MR) is 94.6 cm³/mol. The van der Waals surface area contributed by atoms with Gasteiger partial charge < -0.3 is 0 Å². The zero-order valence-corrected chi connectivity index (χ0v) is 14.9. The van der Waals surface area contributed by atoms with E-state index >= 15 is 0 Å². The topological polar surface area (TPSA) is 24.3 Å². The van der Waals surface area contributed by atoms with Crippen LogP contribution in [0.25, 0.3) is 0 Å². The molecule has 4 nitrogen and oxygen atoms in total. The molecule has 124 valence electrons. The van der Waals surface area contributed by atoms with Gasteiger partial charge in [-0.1, -0.05) is 0 Å². The molecular weight excluding hydrogens is 304 g/mol. The highest BCUT2D eigenvalue weighted by atomic mass is 32.1. The van der Waals surface area contributed by atoms with Gasteiger partial charge in [-0.3, -0.25) is 14.5 Å². The number of hydrogen-bond acceptors (Lipinski definition) is 4. The summed E-state index contributed by atoms with van der Waals surface area (Å²) in [5.74, 6) is 0.815. The van der Waals surface area contributed by atoms with Crippen molar-refractivity contribution in [3.8, 4) is 0 Å². The SMILES string of the molecule is Cc1ccc(CN2CC[C@H]3[C@H](C[C@H](Cn4cccn4)N3C)C2)s1. The van der Waals surface area contributed by atoms with Gasteiger partial charge in [-0.25, -0.2) is 0 Å². The van der Waals surface area contributed by atoms with Crippen LogP contribution in [0.4, 0.5) is 0 Å². The lowest BCUT2D eigenvalue weighted by Gasteiger charge is -2.37. The average Bonchev–Trinajstić information content (AvgIpc) is 3.24. The summed E-state index contributed by atoms with van der Waals surface area (Å²) in [4.78, 5) is 8.23. The highest BCUT2D eigenvalue weighted by Crippen LogP contribution is 2.35. The van der Waals surface area contributed by atoms with Gasteiger partial charge in [0.1, 0.15) is 0 Å². The summed E-state index contributed by atoms with van der Waals surface area (Å²) in [6.45, 7) is 6.85. The van der Waals surface area contributed by atoms with Gasteiger partial charge in [0.25, 0.3) is 0 Å². The average molecular weight is 331 g/mol. The summed E-state index contributed by atoms with van der Waals surface area (Å²) >= 11 is 1.95. The number of hydrogen-bond donors (Lipinski definition) is 0. The molecule has 5 heteroatoms. The van der Waals surface area contributed by atoms with Crippen LogP contribution >= 0.6 is 11.3 Å². The molecule has 4 heterocycles. The molecule has 2 aromatic rings. The zero-order chi connectivity index (χ0) is 15.8. The third-order valence-corrected chi connectivity index (χ3v) is 6.57. The molecule has 0 amide bonds. The van der Waals surface area contributed by atoms with Crippen molar-refractivity contribution in [3.63, 3.8) is 0 Å². The first-order valence-electron chi connectivity index (χ1n) is 8.66. The van der Waals surface area contributed by atoms with E-state index in [2.05, 4.69) is 51.9 Å². The highest BCUT2D eigenvalue weighted by molar-refractivity contribution is 7.11. The summed E-state index contributed by atoms with van der Waals surface area (Å²) in [5.41, 5.74) is 0. The molecular formula is C18H26N4S. The fourth-order valence-electron chi connectivity index (χ4n) is 4.41. The van der Waals surface area contributed by atoms with Gasteiger partial charge in [0.05, 0.1) is 6.54 Å². The van der Waals surface area contributed by atoms with E-state index < -0.39 is 0 Å². The highest BCUT2D eigenvalue weighted by Gasteiger charge is 2.41. The van der Waals surface area contributed by atoms with Crippen LogP contribution in [0.5, 0.6) is 0 Å².